The zero-order valence-corrected chi connectivity index (χ0v) is 10.5. The van der Waals surface area contributed by atoms with Crippen LogP contribution in [0.2, 0.25) is 0 Å². The maximum Gasteiger partial charge on any atom is 0.227 e. The summed E-state index contributed by atoms with van der Waals surface area (Å²) in [5, 5.41) is 2.85. The summed E-state index contributed by atoms with van der Waals surface area (Å²) in [5.41, 5.74) is 6.42. The standard InChI is InChI=1S/C13H21N3O/c1-10(5-3-6-11(2)14)13(17)16-12-7-4-8-15-9-12/h4,7-11H,3,5-6,14H2,1-2H3,(H,16,17). The second kappa shape index (κ2) is 7.01. The molecular formula is C13H21N3O. The molecule has 17 heavy (non-hydrogen) atoms. The number of anilines is 1. The van der Waals surface area contributed by atoms with Crippen LogP contribution in [0.25, 0.3) is 0 Å². The van der Waals surface area contributed by atoms with E-state index in [0.717, 1.165) is 24.9 Å². The summed E-state index contributed by atoms with van der Waals surface area (Å²) in [5.74, 6) is 0.0524. The van der Waals surface area contributed by atoms with E-state index in [-0.39, 0.29) is 17.9 Å². The molecule has 0 aromatic carbocycles. The molecule has 1 aromatic rings. The van der Waals surface area contributed by atoms with Gasteiger partial charge in [-0.15, -0.1) is 0 Å². The van der Waals surface area contributed by atoms with Crippen LogP contribution in [0.4, 0.5) is 5.69 Å². The third kappa shape index (κ3) is 5.45. The van der Waals surface area contributed by atoms with Crippen LogP contribution in [-0.2, 0) is 4.79 Å². The molecule has 0 saturated heterocycles. The lowest BCUT2D eigenvalue weighted by atomic mass is 10.0. The average Bonchev–Trinajstić information content (AvgIpc) is 2.29. The minimum atomic E-state index is 0.00829. The molecule has 94 valence electrons. The largest absolute Gasteiger partial charge is 0.328 e. The smallest absolute Gasteiger partial charge is 0.227 e. The van der Waals surface area contributed by atoms with Crippen LogP contribution >= 0.6 is 0 Å². The molecule has 0 saturated carbocycles. The second-order valence-corrected chi connectivity index (χ2v) is 4.54. The van der Waals surface area contributed by atoms with E-state index in [9.17, 15) is 4.79 Å². The Morgan fingerprint density at radius 1 is 1.47 bits per heavy atom. The maximum absolute atomic E-state index is 11.8. The summed E-state index contributed by atoms with van der Waals surface area (Å²) in [7, 11) is 0. The number of rotatable bonds is 6. The molecule has 1 rings (SSSR count). The van der Waals surface area contributed by atoms with Crippen LogP contribution in [0, 0.1) is 5.92 Å². The Hall–Kier alpha value is -1.42. The van der Waals surface area contributed by atoms with Gasteiger partial charge in [-0.1, -0.05) is 13.3 Å². The quantitative estimate of drug-likeness (QED) is 0.794. The molecule has 0 fully saturated rings. The van der Waals surface area contributed by atoms with Crippen molar-refractivity contribution in [3.63, 3.8) is 0 Å². The Morgan fingerprint density at radius 3 is 2.82 bits per heavy atom. The number of amides is 1. The first kappa shape index (κ1) is 13.6. The normalized spacial score (nSPS) is 14.1. The molecule has 1 heterocycles. The zero-order chi connectivity index (χ0) is 12.7. The van der Waals surface area contributed by atoms with Gasteiger partial charge in [-0.25, -0.2) is 0 Å². The molecule has 2 atom stereocenters. The van der Waals surface area contributed by atoms with Crippen molar-refractivity contribution in [1.29, 1.82) is 0 Å². The molecule has 0 aliphatic heterocycles. The van der Waals surface area contributed by atoms with Gasteiger partial charge >= 0.3 is 0 Å². The van der Waals surface area contributed by atoms with Crippen molar-refractivity contribution in [2.45, 2.75) is 39.2 Å². The summed E-state index contributed by atoms with van der Waals surface area (Å²) in [6.45, 7) is 3.92. The van der Waals surface area contributed by atoms with Crippen molar-refractivity contribution >= 4 is 11.6 Å². The van der Waals surface area contributed by atoms with Gasteiger partial charge in [0.25, 0.3) is 0 Å². The molecule has 4 nitrogen and oxygen atoms in total. The van der Waals surface area contributed by atoms with Gasteiger partial charge in [0.05, 0.1) is 11.9 Å². The summed E-state index contributed by atoms with van der Waals surface area (Å²) in [4.78, 5) is 15.8. The molecule has 1 aromatic heterocycles. The number of nitrogens with one attached hydrogen (secondary N) is 1. The van der Waals surface area contributed by atoms with Crippen molar-refractivity contribution < 1.29 is 4.79 Å². The highest BCUT2D eigenvalue weighted by Gasteiger charge is 2.12. The van der Waals surface area contributed by atoms with Gasteiger partial charge in [0, 0.05) is 18.2 Å². The van der Waals surface area contributed by atoms with E-state index in [4.69, 9.17) is 5.73 Å². The number of nitrogens with zero attached hydrogens (tertiary/aromatic N) is 1. The summed E-state index contributed by atoms with van der Waals surface area (Å²) >= 11 is 0. The highest BCUT2D eigenvalue weighted by atomic mass is 16.1. The number of carbonyl (C=O) groups is 1. The lowest BCUT2D eigenvalue weighted by molar-refractivity contribution is -0.119. The highest BCUT2D eigenvalue weighted by molar-refractivity contribution is 5.92. The fourth-order valence-corrected chi connectivity index (χ4v) is 1.58. The number of nitrogens with two attached hydrogens (primary N) is 1. The Labute approximate surface area is 103 Å². The number of aromatic nitrogens is 1. The molecule has 0 spiro atoms. The molecular weight excluding hydrogens is 214 g/mol. The summed E-state index contributed by atoms with van der Waals surface area (Å²) in [6, 6.07) is 3.85. The van der Waals surface area contributed by atoms with Crippen LogP contribution < -0.4 is 11.1 Å². The van der Waals surface area contributed by atoms with Crippen LogP contribution in [0.3, 0.4) is 0 Å². The minimum Gasteiger partial charge on any atom is -0.328 e. The maximum atomic E-state index is 11.8. The van der Waals surface area contributed by atoms with Crippen LogP contribution in [0.15, 0.2) is 24.5 Å². The zero-order valence-electron chi connectivity index (χ0n) is 10.5. The van der Waals surface area contributed by atoms with Gasteiger partial charge < -0.3 is 11.1 Å². The van der Waals surface area contributed by atoms with Crippen molar-refractivity contribution in [1.82, 2.24) is 4.98 Å². The number of hydrogen-bond donors (Lipinski definition) is 2. The van der Waals surface area contributed by atoms with Gasteiger partial charge in [0.2, 0.25) is 5.91 Å². The summed E-state index contributed by atoms with van der Waals surface area (Å²) < 4.78 is 0. The van der Waals surface area contributed by atoms with E-state index < -0.39 is 0 Å². The lowest BCUT2D eigenvalue weighted by Crippen LogP contribution is -2.21. The monoisotopic (exact) mass is 235 g/mol. The third-order valence-electron chi connectivity index (χ3n) is 2.67. The van der Waals surface area contributed by atoms with Crippen LogP contribution in [-0.4, -0.2) is 16.9 Å². The Kier molecular flexibility index (Phi) is 5.63. The summed E-state index contributed by atoms with van der Waals surface area (Å²) in [6.07, 6.45) is 6.14. The fraction of sp³-hybridized carbons (Fsp3) is 0.538. The van der Waals surface area contributed by atoms with Gasteiger partial charge in [0.15, 0.2) is 0 Å². The number of pyridine rings is 1. The minimum absolute atomic E-state index is 0.00829. The Balaban J connectivity index is 2.32. The lowest BCUT2D eigenvalue weighted by Gasteiger charge is -2.12. The van der Waals surface area contributed by atoms with E-state index in [0.29, 0.717) is 0 Å². The van der Waals surface area contributed by atoms with Crippen LogP contribution in [0.5, 0.6) is 0 Å². The van der Waals surface area contributed by atoms with Gasteiger partial charge in [0.1, 0.15) is 0 Å². The molecule has 0 aliphatic rings. The molecule has 4 heteroatoms. The predicted molar refractivity (Wildman–Crippen MR) is 69.5 cm³/mol. The van der Waals surface area contributed by atoms with Crippen molar-refractivity contribution in [3.05, 3.63) is 24.5 Å². The Morgan fingerprint density at radius 2 is 2.24 bits per heavy atom. The van der Waals surface area contributed by atoms with Gasteiger partial charge in [-0.2, -0.15) is 0 Å². The Bertz CT molecular complexity index is 338. The SMILES string of the molecule is CC(N)CCCC(C)C(=O)Nc1cccnc1. The molecule has 2 unspecified atom stereocenters. The molecule has 0 bridgehead atoms. The fourth-order valence-electron chi connectivity index (χ4n) is 1.58. The van der Waals surface area contributed by atoms with E-state index in [1.165, 1.54) is 0 Å². The average molecular weight is 235 g/mol. The first-order valence-electron chi connectivity index (χ1n) is 6.06. The topological polar surface area (TPSA) is 68.0 Å². The molecule has 0 radical (unpaired) electrons. The van der Waals surface area contributed by atoms with Crippen molar-refractivity contribution in [2.24, 2.45) is 11.7 Å². The first-order chi connectivity index (χ1) is 8.09. The van der Waals surface area contributed by atoms with Crippen LogP contribution in [0.1, 0.15) is 33.1 Å². The van der Waals surface area contributed by atoms with E-state index in [1.54, 1.807) is 18.5 Å². The highest BCUT2D eigenvalue weighted by Crippen LogP contribution is 2.12. The molecule has 0 aliphatic carbocycles. The molecule has 3 N–H and O–H groups in total. The van der Waals surface area contributed by atoms with E-state index in [1.807, 2.05) is 19.9 Å². The van der Waals surface area contributed by atoms with Crippen molar-refractivity contribution in [2.75, 3.05) is 5.32 Å². The molecule has 1 amide bonds. The van der Waals surface area contributed by atoms with E-state index >= 15 is 0 Å². The number of hydrogen-bond acceptors (Lipinski definition) is 3. The second-order valence-electron chi connectivity index (χ2n) is 4.54. The van der Waals surface area contributed by atoms with Gasteiger partial charge in [-0.3, -0.25) is 9.78 Å². The van der Waals surface area contributed by atoms with Crippen molar-refractivity contribution in [3.8, 4) is 0 Å². The first-order valence-corrected chi connectivity index (χ1v) is 6.06. The predicted octanol–water partition coefficient (Wildman–Crippen LogP) is 2.17. The van der Waals surface area contributed by atoms with Gasteiger partial charge in [-0.05, 0) is 31.9 Å². The third-order valence-corrected chi connectivity index (χ3v) is 2.67. The number of carbonyl (C=O) groups excluding carboxylic acids is 1. The van der Waals surface area contributed by atoms with E-state index in [2.05, 4.69) is 10.3 Å².